The van der Waals surface area contributed by atoms with Crippen molar-refractivity contribution in [2.24, 2.45) is 0 Å². The largest absolute Gasteiger partial charge is 0.504 e. The van der Waals surface area contributed by atoms with Gasteiger partial charge in [-0.15, -0.1) is 0 Å². The Hall–Kier alpha value is -3.77. The van der Waals surface area contributed by atoms with E-state index in [4.69, 9.17) is 9.52 Å². The van der Waals surface area contributed by atoms with Gasteiger partial charge in [-0.3, -0.25) is 9.59 Å². The minimum Gasteiger partial charge on any atom is -0.504 e. The first-order valence-corrected chi connectivity index (χ1v) is 9.12. The number of benzene rings is 2. The number of Topliss-reactive ketones (excluding diaryl/α,β-unsaturated/α-hetero) is 1. The lowest BCUT2D eigenvalue weighted by molar-refractivity contribution is -0.161. The van der Waals surface area contributed by atoms with Crippen LogP contribution in [-0.2, 0) is 4.79 Å². The highest BCUT2D eigenvalue weighted by molar-refractivity contribution is 6.06. The zero-order valence-electron chi connectivity index (χ0n) is 16.1. The molecule has 0 aliphatic heterocycles. The second kappa shape index (κ2) is 8.77. The first kappa shape index (κ1) is 22.9. The number of hydrogen-bond donors (Lipinski definition) is 7. The minimum atomic E-state index is -2.52. The molecule has 7 N–H and O–H groups in total. The molecule has 0 saturated heterocycles. The molecule has 4 atom stereocenters. The molecule has 0 saturated carbocycles. The van der Waals surface area contributed by atoms with Crippen molar-refractivity contribution in [2.45, 2.75) is 24.4 Å². The van der Waals surface area contributed by atoms with Crippen LogP contribution in [-0.4, -0.2) is 71.9 Å². The molecule has 11 nitrogen and oxygen atoms in total. The second-order valence-corrected chi connectivity index (χ2v) is 6.91. The third-order valence-corrected chi connectivity index (χ3v) is 4.81. The van der Waals surface area contributed by atoms with Crippen LogP contribution in [0.3, 0.4) is 0 Å². The van der Waals surface area contributed by atoms with Gasteiger partial charge in [0.1, 0.15) is 35.0 Å². The Morgan fingerprint density at radius 2 is 1.44 bits per heavy atom. The number of aliphatic carboxylic acids is 1. The number of hydrogen-bond acceptors (Lipinski definition) is 10. The topological polar surface area (TPSA) is 206 Å². The van der Waals surface area contributed by atoms with Gasteiger partial charge >= 0.3 is 5.97 Å². The molecule has 3 aromatic rings. The van der Waals surface area contributed by atoms with E-state index >= 15 is 0 Å². The number of fused-ring (bicyclic) bond motifs is 1. The van der Waals surface area contributed by atoms with Crippen LogP contribution in [0.5, 0.6) is 11.5 Å². The van der Waals surface area contributed by atoms with Gasteiger partial charge in [0.2, 0.25) is 0 Å². The van der Waals surface area contributed by atoms with Crippen LogP contribution in [0.2, 0.25) is 0 Å². The van der Waals surface area contributed by atoms with Gasteiger partial charge < -0.3 is 40.2 Å². The van der Waals surface area contributed by atoms with Gasteiger partial charge in [-0.1, -0.05) is 30.3 Å². The summed E-state index contributed by atoms with van der Waals surface area (Å²) in [5.41, 5.74) is -1.36. The standard InChI is InChI=1S/C21H18O11/c22-10-7-11(8-4-2-1-3-5-8)32-12-6-9(14(23)16(25)13(10)12)15(24)17(26)18(27)19(28)20(29)21(30)31/h1-7,17-20,23,25-29H,(H,30,31)/t17-,18+,19-,20-/m0/s1. The Labute approximate surface area is 178 Å². The highest BCUT2D eigenvalue weighted by atomic mass is 16.4. The van der Waals surface area contributed by atoms with Crippen LogP contribution in [0.4, 0.5) is 0 Å². The van der Waals surface area contributed by atoms with Gasteiger partial charge in [0.05, 0.1) is 5.56 Å². The number of carbonyl (C=O) groups excluding carboxylic acids is 1. The van der Waals surface area contributed by atoms with Crippen LogP contribution in [0.1, 0.15) is 10.4 Å². The minimum absolute atomic E-state index is 0.0761. The molecule has 0 unspecified atom stereocenters. The zero-order valence-corrected chi connectivity index (χ0v) is 16.1. The molecule has 32 heavy (non-hydrogen) atoms. The number of carboxylic acid groups (broad SMARTS) is 1. The van der Waals surface area contributed by atoms with Crippen LogP contribution in [0.25, 0.3) is 22.3 Å². The number of phenols is 2. The summed E-state index contributed by atoms with van der Waals surface area (Å²) in [5.74, 6) is -5.42. The molecule has 0 aliphatic rings. The predicted octanol–water partition coefficient (Wildman–Crippen LogP) is -0.418. The van der Waals surface area contributed by atoms with Gasteiger partial charge in [-0.05, 0) is 6.07 Å². The maximum atomic E-state index is 12.6. The lowest BCUT2D eigenvalue weighted by Gasteiger charge is -2.24. The Bertz CT molecular complexity index is 1230. The van der Waals surface area contributed by atoms with Crippen LogP contribution >= 0.6 is 0 Å². The van der Waals surface area contributed by atoms with Crippen LogP contribution < -0.4 is 5.43 Å². The van der Waals surface area contributed by atoms with Crippen LogP contribution in [0, 0.1) is 0 Å². The van der Waals surface area contributed by atoms with E-state index in [1.807, 2.05) is 0 Å². The maximum absolute atomic E-state index is 12.6. The monoisotopic (exact) mass is 446 g/mol. The Kier molecular flexibility index (Phi) is 6.27. The summed E-state index contributed by atoms with van der Waals surface area (Å²) in [7, 11) is 0. The van der Waals surface area contributed by atoms with E-state index in [1.54, 1.807) is 30.3 Å². The normalized spacial score (nSPS) is 15.1. The molecule has 2 aromatic carbocycles. The fourth-order valence-electron chi connectivity index (χ4n) is 3.06. The van der Waals surface area contributed by atoms with Crippen molar-refractivity contribution in [2.75, 3.05) is 0 Å². The Morgan fingerprint density at radius 3 is 2.03 bits per heavy atom. The number of aliphatic hydroxyl groups excluding tert-OH is 4. The molecule has 0 spiro atoms. The van der Waals surface area contributed by atoms with Gasteiger partial charge in [0.15, 0.2) is 28.8 Å². The summed E-state index contributed by atoms with van der Waals surface area (Å²) in [5, 5.41) is 67.6. The summed E-state index contributed by atoms with van der Waals surface area (Å²) in [6, 6.07) is 10.3. The lowest BCUT2D eigenvalue weighted by Crippen LogP contribution is -2.50. The maximum Gasteiger partial charge on any atom is 0.335 e. The summed E-state index contributed by atoms with van der Waals surface area (Å²) in [6.45, 7) is 0. The predicted molar refractivity (Wildman–Crippen MR) is 107 cm³/mol. The van der Waals surface area contributed by atoms with Crippen molar-refractivity contribution in [1.82, 2.24) is 0 Å². The molecule has 0 amide bonds. The van der Waals surface area contributed by atoms with Crippen molar-refractivity contribution >= 4 is 22.7 Å². The number of rotatable bonds is 7. The molecular formula is C21H18O11. The van der Waals surface area contributed by atoms with Crippen molar-refractivity contribution in [3.63, 3.8) is 0 Å². The Morgan fingerprint density at radius 1 is 0.844 bits per heavy atom. The fourth-order valence-corrected chi connectivity index (χ4v) is 3.06. The average Bonchev–Trinajstić information content (AvgIpc) is 2.78. The lowest BCUT2D eigenvalue weighted by atomic mass is 9.95. The first-order chi connectivity index (χ1) is 15.0. The van der Waals surface area contributed by atoms with E-state index in [2.05, 4.69) is 0 Å². The third-order valence-electron chi connectivity index (χ3n) is 4.81. The Balaban J connectivity index is 2.08. The van der Waals surface area contributed by atoms with E-state index in [-0.39, 0.29) is 11.3 Å². The summed E-state index contributed by atoms with van der Waals surface area (Å²) in [6.07, 6.45) is -9.94. The molecule has 0 fully saturated rings. The third kappa shape index (κ3) is 4.05. The van der Waals surface area contributed by atoms with E-state index < -0.39 is 64.0 Å². The van der Waals surface area contributed by atoms with Crippen molar-refractivity contribution in [3.05, 3.63) is 58.3 Å². The number of aromatic hydroxyl groups is 2. The van der Waals surface area contributed by atoms with Crippen LogP contribution in [0.15, 0.2) is 51.7 Å². The average molecular weight is 446 g/mol. The van der Waals surface area contributed by atoms with E-state index in [9.17, 15) is 45.0 Å². The zero-order chi connectivity index (χ0) is 23.7. The number of ketones is 1. The molecule has 0 aliphatic carbocycles. The molecule has 1 heterocycles. The smallest absolute Gasteiger partial charge is 0.335 e. The summed E-state index contributed by atoms with van der Waals surface area (Å²) >= 11 is 0. The van der Waals surface area contributed by atoms with Crippen molar-refractivity contribution in [1.29, 1.82) is 0 Å². The fraction of sp³-hybridized carbons (Fsp3) is 0.190. The molecule has 11 heteroatoms. The number of aliphatic hydroxyl groups is 4. The number of carbonyl (C=O) groups is 2. The quantitative estimate of drug-likeness (QED) is 0.183. The van der Waals surface area contributed by atoms with Gasteiger partial charge in [0.25, 0.3) is 0 Å². The second-order valence-electron chi connectivity index (χ2n) is 6.91. The van der Waals surface area contributed by atoms with E-state index in [1.165, 1.54) is 0 Å². The van der Waals surface area contributed by atoms with Crippen molar-refractivity contribution < 1.29 is 49.8 Å². The van der Waals surface area contributed by atoms with E-state index in [0.29, 0.717) is 5.56 Å². The van der Waals surface area contributed by atoms with Gasteiger partial charge in [-0.25, -0.2) is 4.79 Å². The van der Waals surface area contributed by atoms with E-state index in [0.717, 1.165) is 12.1 Å². The SMILES string of the molecule is O=C(O)[C@@H](O)[C@@H](O)[C@H](O)[C@@H](O)C(=O)c1cc2oc(-c3ccccc3)cc(=O)c2c(O)c1O. The first-order valence-electron chi connectivity index (χ1n) is 9.12. The number of carboxylic acids is 1. The molecular weight excluding hydrogens is 428 g/mol. The molecule has 0 radical (unpaired) electrons. The molecule has 0 bridgehead atoms. The highest BCUT2D eigenvalue weighted by Crippen LogP contribution is 2.37. The highest BCUT2D eigenvalue weighted by Gasteiger charge is 2.39. The molecule has 168 valence electrons. The summed E-state index contributed by atoms with van der Waals surface area (Å²) < 4.78 is 5.58. The molecule has 3 rings (SSSR count). The van der Waals surface area contributed by atoms with Gasteiger partial charge in [-0.2, -0.15) is 0 Å². The van der Waals surface area contributed by atoms with Crippen molar-refractivity contribution in [3.8, 4) is 22.8 Å². The number of phenolic OH excluding ortho intramolecular Hbond substituents is 2. The molecule has 1 aromatic heterocycles. The van der Waals surface area contributed by atoms with Gasteiger partial charge in [0, 0.05) is 11.6 Å². The summed E-state index contributed by atoms with van der Waals surface area (Å²) in [4.78, 5) is 35.8.